The molecule has 0 saturated heterocycles. The zero-order valence-corrected chi connectivity index (χ0v) is 13.3. The number of aliphatic carboxylic acids is 1. The van der Waals surface area contributed by atoms with Crippen LogP contribution in [0.4, 0.5) is 0 Å². The Balaban J connectivity index is 2.05. The first kappa shape index (κ1) is 15.5. The van der Waals surface area contributed by atoms with Gasteiger partial charge in [-0.25, -0.2) is 14.5 Å². The molecule has 0 amide bonds. The number of fused-ring (bicyclic) bond motifs is 1. The fourth-order valence-electron chi connectivity index (χ4n) is 2.23. The van der Waals surface area contributed by atoms with Gasteiger partial charge in [-0.1, -0.05) is 29.3 Å². The monoisotopic (exact) mass is 347 g/mol. The van der Waals surface area contributed by atoms with Crippen molar-refractivity contribution in [1.29, 1.82) is 0 Å². The van der Waals surface area contributed by atoms with Gasteiger partial charge < -0.3 is 5.11 Å². The Hall–Kier alpha value is -2.37. The summed E-state index contributed by atoms with van der Waals surface area (Å²) in [5.74, 6) is -1.03. The molecule has 0 spiro atoms. The average Bonchev–Trinajstić information content (AvgIpc) is 2.86. The van der Waals surface area contributed by atoms with Crippen molar-refractivity contribution in [3.63, 3.8) is 0 Å². The molecule has 7 heteroatoms. The van der Waals surface area contributed by atoms with Crippen molar-refractivity contribution in [2.45, 2.75) is 6.54 Å². The zero-order chi connectivity index (χ0) is 16.4. The number of carbonyl (C=O) groups is 1. The van der Waals surface area contributed by atoms with Crippen LogP contribution < -0.4 is 0 Å². The molecular formula is C16H11Cl2N3O2. The highest BCUT2D eigenvalue weighted by Crippen LogP contribution is 2.24. The summed E-state index contributed by atoms with van der Waals surface area (Å²) in [7, 11) is 0. The van der Waals surface area contributed by atoms with Gasteiger partial charge in [0.05, 0.1) is 12.2 Å². The van der Waals surface area contributed by atoms with Crippen molar-refractivity contribution >= 4 is 46.3 Å². The van der Waals surface area contributed by atoms with Gasteiger partial charge in [-0.2, -0.15) is 5.10 Å². The molecule has 0 radical (unpaired) electrons. The van der Waals surface area contributed by atoms with Gasteiger partial charge in [0.15, 0.2) is 5.65 Å². The molecule has 23 heavy (non-hydrogen) atoms. The van der Waals surface area contributed by atoms with Crippen molar-refractivity contribution < 1.29 is 9.90 Å². The van der Waals surface area contributed by atoms with Gasteiger partial charge in [0.1, 0.15) is 0 Å². The maximum Gasteiger partial charge on any atom is 0.328 e. The van der Waals surface area contributed by atoms with Crippen molar-refractivity contribution in [3.8, 4) is 0 Å². The number of pyridine rings is 1. The number of hydrogen-bond acceptors (Lipinski definition) is 3. The Bertz CT molecular complexity index is 919. The molecule has 0 saturated carbocycles. The number of aromatic nitrogens is 3. The highest BCUT2D eigenvalue weighted by molar-refractivity contribution is 6.35. The second-order valence-corrected chi connectivity index (χ2v) is 5.67. The Morgan fingerprint density at radius 3 is 2.87 bits per heavy atom. The molecule has 5 nitrogen and oxygen atoms in total. The van der Waals surface area contributed by atoms with E-state index in [1.165, 1.54) is 6.08 Å². The molecule has 3 aromatic rings. The SMILES string of the molecule is O=C(O)C=Cc1nn(Cc2ccc(Cl)cc2Cl)c2ncccc12. The van der Waals surface area contributed by atoms with E-state index in [0.29, 0.717) is 27.9 Å². The number of nitrogens with zero attached hydrogens (tertiary/aromatic N) is 3. The topological polar surface area (TPSA) is 68.0 Å². The molecule has 1 N–H and O–H groups in total. The molecule has 2 aromatic heterocycles. The van der Waals surface area contributed by atoms with Crippen LogP contribution in [-0.4, -0.2) is 25.8 Å². The largest absolute Gasteiger partial charge is 0.478 e. The minimum absolute atomic E-state index is 0.407. The number of benzene rings is 1. The average molecular weight is 348 g/mol. The van der Waals surface area contributed by atoms with Crippen LogP contribution in [0.2, 0.25) is 10.0 Å². The molecule has 0 aliphatic rings. The van der Waals surface area contributed by atoms with E-state index < -0.39 is 5.97 Å². The van der Waals surface area contributed by atoms with Gasteiger partial charge in [0.2, 0.25) is 0 Å². The normalized spacial score (nSPS) is 11.4. The summed E-state index contributed by atoms with van der Waals surface area (Å²) in [6, 6.07) is 8.88. The van der Waals surface area contributed by atoms with Crippen LogP contribution in [-0.2, 0) is 11.3 Å². The lowest BCUT2D eigenvalue weighted by Crippen LogP contribution is -2.03. The molecule has 0 unspecified atom stereocenters. The molecule has 2 heterocycles. The van der Waals surface area contributed by atoms with E-state index in [-0.39, 0.29) is 0 Å². The maximum atomic E-state index is 10.7. The maximum absolute atomic E-state index is 10.7. The van der Waals surface area contributed by atoms with Gasteiger partial charge in [0, 0.05) is 27.7 Å². The lowest BCUT2D eigenvalue weighted by Gasteiger charge is -2.05. The fourth-order valence-corrected chi connectivity index (χ4v) is 2.70. The minimum Gasteiger partial charge on any atom is -0.478 e. The highest BCUT2D eigenvalue weighted by atomic mass is 35.5. The highest BCUT2D eigenvalue weighted by Gasteiger charge is 2.11. The molecular weight excluding hydrogens is 337 g/mol. The minimum atomic E-state index is -1.03. The smallest absolute Gasteiger partial charge is 0.328 e. The Morgan fingerprint density at radius 2 is 2.13 bits per heavy atom. The van der Waals surface area contributed by atoms with Crippen LogP contribution in [0.15, 0.2) is 42.6 Å². The Labute approximate surface area is 141 Å². The van der Waals surface area contributed by atoms with E-state index in [4.69, 9.17) is 28.3 Å². The molecule has 1 aromatic carbocycles. The first-order chi connectivity index (χ1) is 11.0. The number of halogens is 2. The van der Waals surface area contributed by atoms with E-state index in [1.807, 2.05) is 12.1 Å². The number of rotatable bonds is 4. The zero-order valence-electron chi connectivity index (χ0n) is 11.8. The van der Waals surface area contributed by atoms with Crippen molar-refractivity contribution in [2.75, 3.05) is 0 Å². The third-order valence-electron chi connectivity index (χ3n) is 3.25. The van der Waals surface area contributed by atoms with Crippen LogP contribution in [0.5, 0.6) is 0 Å². The Kier molecular flexibility index (Phi) is 4.32. The summed E-state index contributed by atoms with van der Waals surface area (Å²) < 4.78 is 1.69. The summed E-state index contributed by atoms with van der Waals surface area (Å²) in [5, 5.41) is 15.1. The predicted molar refractivity (Wildman–Crippen MR) is 89.8 cm³/mol. The van der Waals surface area contributed by atoms with E-state index in [9.17, 15) is 4.79 Å². The van der Waals surface area contributed by atoms with Crippen LogP contribution >= 0.6 is 23.2 Å². The van der Waals surface area contributed by atoms with Gasteiger partial charge in [0.25, 0.3) is 0 Å². The van der Waals surface area contributed by atoms with E-state index in [1.54, 1.807) is 29.1 Å². The summed E-state index contributed by atoms with van der Waals surface area (Å²) in [5.41, 5.74) is 2.05. The molecule has 0 aliphatic heterocycles. The standard InChI is InChI=1S/C16H11Cl2N3O2/c17-11-4-3-10(13(18)8-11)9-21-16-12(2-1-7-19-16)14(20-21)5-6-15(22)23/h1-8H,9H2,(H,22,23). The van der Waals surface area contributed by atoms with Crippen molar-refractivity contribution in [2.24, 2.45) is 0 Å². The van der Waals surface area contributed by atoms with E-state index >= 15 is 0 Å². The molecule has 0 fully saturated rings. The third-order valence-corrected chi connectivity index (χ3v) is 3.84. The van der Waals surface area contributed by atoms with Crippen LogP contribution in [0.1, 0.15) is 11.3 Å². The molecule has 3 rings (SSSR count). The second kappa shape index (κ2) is 6.40. The first-order valence-electron chi connectivity index (χ1n) is 6.71. The lowest BCUT2D eigenvalue weighted by molar-refractivity contribution is -0.131. The molecule has 116 valence electrons. The van der Waals surface area contributed by atoms with Gasteiger partial charge in [-0.3, -0.25) is 0 Å². The summed E-state index contributed by atoms with van der Waals surface area (Å²) in [6.45, 7) is 0.407. The third kappa shape index (κ3) is 3.36. The van der Waals surface area contributed by atoms with Gasteiger partial charge in [-0.15, -0.1) is 0 Å². The molecule has 0 aliphatic carbocycles. The van der Waals surface area contributed by atoms with Crippen LogP contribution in [0, 0.1) is 0 Å². The summed E-state index contributed by atoms with van der Waals surface area (Å²) in [6.07, 6.45) is 4.16. The van der Waals surface area contributed by atoms with E-state index in [2.05, 4.69) is 10.1 Å². The van der Waals surface area contributed by atoms with Crippen molar-refractivity contribution in [1.82, 2.24) is 14.8 Å². The second-order valence-electron chi connectivity index (χ2n) is 4.82. The Morgan fingerprint density at radius 1 is 1.30 bits per heavy atom. The first-order valence-corrected chi connectivity index (χ1v) is 7.46. The number of carboxylic acids is 1. The predicted octanol–water partition coefficient (Wildman–Crippen LogP) is 3.88. The summed E-state index contributed by atoms with van der Waals surface area (Å²) >= 11 is 12.1. The van der Waals surface area contributed by atoms with E-state index in [0.717, 1.165) is 17.0 Å². The number of hydrogen-bond donors (Lipinski definition) is 1. The van der Waals surface area contributed by atoms with Gasteiger partial charge in [-0.05, 0) is 35.9 Å². The number of carboxylic acid groups (broad SMARTS) is 1. The van der Waals surface area contributed by atoms with Crippen LogP contribution in [0.25, 0.3) is 17.1 Å². The fraction of sp³-hybridized carbons (Fsp3) is 0.0625. The quantitative estimate of drug-likeness (QED) is 0.727. The van der Waals surface area contributed by atoms with Crippen molar-refractivity contribution in [3.05, 3.63) is 63.9 Å². The molecule has 0 bridgehead atoms. The van der Waals surface area contributed by atoms with Gasteiger partial charge >= 0.3 is 5.97 Å². The summed E-state index contributed by atoms with van der Waals surface area (Å²) in [4.78, 5) is 15.0. The van der Waals surface area contributed by atoms with Crippen LogP contribution in [0.3, 0.4) is 0 Å². The molecule has 0 atom stereocenters. The lowest BCUT2D eigenvalue weighted by atomic mass is 10.2.